The van der Waals surface area contributed by atoms with Gasteiger partial charge in [-0.1, -0.05) is 13.8 Å². The number of anilines is 1. The molecular weight excluding hydrogens is 560 g/mol. The van der Waals surface area contributed by atoms with Gasteiger partial charge in [0.15, 0.2) is 0 Å². The minimum atomic E-state index is -0.893. The van der Waals surface area contributed by atoms with E-state index in [-0.39, 0.29) is 11.9 Å². The average Bonchev–Trinajstić information content (AvgIpc) is 3.43. The van der Waals surface area contributed by atoms with E-state index in [1.54, 1.807) is 16.9 Å². The van der Waals surface area contributed by atoms with Gasteiger partial charge in [-0.15, -0.1) is 0 Å². The van der Waals surface area contributed by atoms with Crippen LogP contribution < -0.4 is 15.0 Å². The molecule has 0 saturated carbocycles. The quantitative estimate of drug-likeness (QED) is 0.375. The van der Waals surface area contributed by atoms with Crippen molar-refractivity contribution in [2.45, 2.75) is 46.6 Å². The summed E-state index contributed by atoms with van der Waals surface area (Å²) in [5, 5.41) is 26.7. The number of fused-ring (bicyclic) bond motifs is 1. The highest BCUT2D eigenvalue weighted by atomic mass is 16.5. The van der Waals surface area contributed by atoms with E-state index in [1.165, 1.54) is 4.90 Å². The van der Waals surface area contributed by atoms with Crippen LogP contribution in [0.1, 0.15) is 46.1 Å². The molecule has 2 aliphatic heterocycles. The van der Waals surface area contributed by atoms with Crippen molar-refractivity contribution in [3.05, 3.63) is 42.4 Å². The molecule has 12 heteroatoms. The molecule has 3 aromatic rings. The summed E-state index contributed by atoms with van der Waals surface area (Å²) in [6, 6.07) is 8.01. The number of hydrogen-bond donors (Lipinski definition) is 2. The Kier molecular flexibility index (Phi) is 9.25. The molecule has 5 rings (SSSR count). The van der Waals surface area contributed by atoms with Gasteiger partial charge in [-0.2, -0.15) is 10.4 Å². The molecule has 2 aliphatic rings. The second-order valence-corrected chi connectivity index (χ2v) is 12.3. The fourth-order valence-corrected chi connectivity index (χ4v) is 6.37. The number of amides is 2. The molecule has 2 saturated heterocycles. The lowest BCUT2D eigenvalue weighted by atomic mass is 9.76. The lowest BCUT2D eigenvalue weighted by Crippen LogP contribution is -2.59. The van der Waals surface area contributed by atoms with E-state index in [0.717, 1.165) is 16.9 Å². The number of piperidine rings is 1. The smallest absolute Gasteiger partial charge is 0.407 e. The molecule has 2 fully saturated rings. The third kappa shape index (κ3) is 6.43. The van der Waals surface area contributed by atoms with Gasteiger partial charge in [0, 0.05) is 69.2 Å². The second-order valence-electron chi connectivity index (χ2n) is 12.3. The molecule has 0 aromatic carbocycles. The zero-order valence-corrected chi connectivity index (χ0v) is 26.0. The van der Waals surface area contributed by atoms with Crippen molar-refractivity contribution in [1.29, 1.82) is 5.26 Å². The van der Waals surface area contributed by atoms with Gasteiger partial charge in [0.05, 0.1) is 35.5 Å². The summed E-state index contributed by atoms with van der Waals surface area (Å²) in [6.45, 7) is 12.8. The van der Waals surface area contributed by atoms with Gasteiger partial charge < -0.3 is 25.0 Å². The summed E-state index contributed by atoms with van der Waals surface area (Å²) >= 11 is 0. The number of carbonyl (C=O) groups is 2. The predicted octanol–water partition coefficient (Wildman–Crippen LogP) is 3.71. The standard InChI is InChI=1S/C32H42N8O4/c1-5-44-26-14-27(29-25(15-33)18-36-40(29)20-26)24-6-7-28(34-17-24)38-10-8-32(9-11-38,30(41)35-16-22(2)3)21-37-12-13-39(31(42)43)23(4)19-37/h6-7,14,17-18,20,22-23H,5,8-13,16,19,21H2,1-4H3,(H,35,41)(H,42,43)/t23-/m0/s1. The number of ether oxygens (including phenoxy) is 1. The number of piperazine rings is 1. The highest BCUT2D eigenvalue weighted by Crippen LogP contribution is 2.36. The molecule has 12 nitrogen and oxygen atoms in total. The molecule has 1 atom stereocenters. The molecule has 0 unspecified atom stereocenters. The maximum Gasteiger partial charge on any atom is 0.407 e. The molecule has 234 valence electrons. The van der Waals surface area contributed by atoms with Crippen molar-refractivity contribution >= 4 is 23.3 Å². The van der Waals surface area contributed by atoms with Gasteiger partial charge in [-0.05, 0) is 50.8 Å². The Bertz CT molecular complexity index is 1520. The van der Waals surface area contributed by atoms with Crippen molar-refractivity contribution in [1.82, 2.24) is 29.7 Å². The number of pyridine rings is 2. The summed E-state index contributed by atoms with van der Waals surface area (Å²) in [4.78, 5) is 36.0. The highest BCUT2D eigenvalue weighted by molar-refractivity contribution is 5.85. The number of rotatable bonds is 9. The lowest BCUT2D eigenvalue weighted by Gasteiger charge is -2.46. The van der Waals surface area contributed by atoms with E-state index in [0.29, 0.717) is 88.0 Å². The topological polar surface area (TPSA) is 139 Å². The number of hydrogen-bond acceptors (Lipinski definition) is 8. The van der Waals surface area contributed by atoms with Gasteiger partial charge >= 0.3 is 6.09 Å². The van der Waals surface area contributed by atoms with Crippen LogP contribution in [0.2, 0.25) is 0 Å². The molecule has 0 spiro atoms. The van der Waals surface area contributed by atoms with Crippen molar-refractivity contribution < 1.29 is 19.4 Å². The third-order valence-electron chi connectivity index (χ3n) is 8.76. The number of carboxylic acid groups (broad SMARTS) is 1. The van der Waals surface area contributed by atoms with E-state index >= 15 is 0 Å². The largest absolute Gasteiger partial charge is 0.492 e. The average molecular weight is 603 g/mol. The van der Waals surface area contributed by atoms with E-state index in [9.17, 15) is 20.0 Å². The van der Waals surface area contributed by atoms with Crippen molar-refractivity contribution in [2.24, 2.45) is 11.3 Å². The van der Waals surface area contributed by atoms with Crippen LogP contribution in [0.4, 0.5) is 10.6 Å². The fourth-order valence-electron chi connectivity index (χ4n) is 6.37. The van der Waals surface area contributed by atoms with Gasteiger partial charge in [0.2, 0.25) is 5.91 Å². The Morgan fingerprint density at radius 2 is 1.98 bits per heavy atom. The van der Waals surface area contributed by atoms with Gasteiger partial charge in [-0.25, -0.2) is 14.3 Å². The van der Waals surface area contributed by atoms with Crippen molar-refractivity contribution in [2.75, 3.05) is 57.3 Å². The zero-order chi connectivity index (χ0) is 31.4. The van der Waals surface area contributed by atoms with Crippen LogP contribution in [0, 0.1) is 22.7 Å². The first-order chi connectivity index (χ1) is 21.1. The lowest BCUT2D eigenvalue weighted by molar-refractivity contribution is -0.134. The van der Waals surface area contributed by atoms with Gasteiger partial charge in [0.1, 0.15) is 17.6 Å². The summed E-state index contributed by atoms with van der Waals surface area (Å²) in [6.07, 6.45) is 5.60. The highest BCUT2D eigenvalue weighted by Gasteiger charge is 2.44. The van der Waals surface area contributed by atoms with Crippen molar-refractivity contribution in [3.8, 4) is 22.9 Å². The summed E-state index contributed by atoms with van der Waals surface area (Å²) in [7, 11) is 0. The normalized spacial score (nSPS) is 18.8. The Hall–Kier alpha value is -4.37. The van der Waals surface area contributed by atoms with Crippen LogP contribution in [-0.4, -0.2) is 100.0 Å². The molecule has 5 heterocycles. The molecule has 2 amide bonds. The Morgan fingerprint density at radius 1 is 1.20 bits per heavy atom. The van der Waals surface area contributed by atoms with Crippen molar-refractivity contribution in [3.63, 3.8) is 0 Å². The predicted molar refractivity (Wildman–Crippen MR) is 167 cm³/mol. The minimum absolute atomic E-state index is 0.0785. The van der Waals surface area contributed by atoms with Crippen LogP contribution in [0.5, 0.6) is 5.75 Å². The van der Waals surface area contributed by atoms with E-state index in [2.05, 4.69) is 40.1 Å². The summed E-state index contributed by atoms with van der Waals surface area (Å²) in [5.74, 6) is 1.92. The second kappa shape index (κ2) is 13.1. The monoisotopic (exact) mass is 602 g/mol. The molecule has 2 N–H and O–H groups in total. The van der Waals surface area contributed by atoms with Crippen LogP contribution in [-0.2, 0) is 4.79 Å². The number of nitriles is 1. The molecule has 0 bridgehead atoms. The minimum Gasteiger partial charge on any atom is -0.492 e. The third-order valence-corrected chi connectivity index (χ3v) is 8.76. The molecular formula is C32H42N8O4. The molecule has 0 radical (unpaired) electrons. The van der Waals surface area contributed by atoms with Crippen LogP contribution >= 0.6 is 0 Å². The maximum absolute atomic E-state index is 13.7. The number of nitrogens with one attached hydrogen (secondary N) is 1. The molecule has 44 heavy (non-hydrogen) atoms. The number of nitrogens with zero attached hydrogens (tertiary/aromatic N) is 7. The van der Waals surface area contributed by atoms with Gasteiger partial charge in [-0.3, -0.25) is 9.69 Å². The zero-order valence-electron chi connectivity index (χ0n) is 26.0. The van der Waals surface area contributed by atoms with Crippen LogP contribution in [0.3, 0.4) is 0 Å². The first-order valence-electron chi connectivity index (χ1n) is 15.4. The van der Waals surface area contributed by atoms with Crippen LogP contribution in [0.25, 0.3) is 16.6 Å². The molecule has 0 aliphatic carbocycles. The van der Waals surface area contributed by atoms with Crippen LogP contribution in [0.15, 0.2) is 36.8 Å². The summed E-state index contributed by atoms with van der Waals surface area (Å²) < 4.78 is 7.42. The van der Waals surface area contributed by atoms with E-state index < -0.39 is 11.5 Å². The maximum atomic E-state index is 13.7. The van der Waals surface area contributed by atoms with E-state index in [4.69, 9.17) is 9.72 Å². The SMILES string of the molecule is CCOc1cc(-c2ccc(N3CCC(CN4CCN(C(=O)O)[C@@H](C)C4)(C(=O)NCC(C)C)CC3)nc2)c2c(C#N)cnn2c1. The summed E-state index contributed by atoms with van der Waals surface area (Å²) in [5.41, 5.74) is 2.30. The van der Waals surface area contributed by atoms with Gasteiger partial charge in [0.25, 0.3) is 0 Å². The Morgan fingerprint density at radius 3 is 2.59 bits per heavy atom. The van der Waals surface area contributed by atoms with E-state index in [1.807, 2.05) is 38.2 Å². The molecule has 3 aromatic heterocycles. The fraction of sp³-hybridized carbons (Fsp3) is 0.531. The first-order valence-corrected chi connectivity index (χ1v) is 15.4. The Balaban J connectivity index is 1.33. The number of carbonyl (C=O) groups excluding carboxylic acids is 1. The Labute approximate surface area is 258 Å². The number of aromatic nitrogens is 3. The first kappa shape index (κ1) is 31.1.